The molecular weight excluding hydrogens is 359 g/mol. The maximum absolute atomic E-state index is 12.7. The number of ether oxygens (including phenoxy) is 1. The lowest BCUT2D eigenvalue weighted by atomic mass is 10.3. The van der Waals surface area contributed by atoms with E-state index in [9.17, 15) is 22.4 Å². The Bertz CT molecular complexity index is 694. The Kier molecular flexibility index (Phi) is 6.44. The molecular formula is C14H17FN2O5S2. The number of thioether (sulfide) groups is 1. The van der Waals surface area contributed by atoms with Crippen molar-refractivity contribution in [3.8, 4) is 5.75 Å². The molecule has 0 radical (unpaired) electrons. The van der Waals surface area contributed by atoms with Gasteiger partial charge in [0.1, 0.15) is 11.6 Å². The predicted molar refractivity (Wildman–Crippen MR) is 87.7 cm³/mol. The number of hydrogen-bond acceptors (Lipinski definition) is 6. The van der Waals surface area contributed by atoms with Gasteiger partial charge in [-0.3, -0.25) is 20.4 Å². The zero-order chi connectivity index (χ0) is 17.6. The van der Waals surface area contributed by atoms with E-state index >= 15 is 0 Å². The maximum Gasteiger partial charge on any atom is 0.276 e. The number of carbonyl (C=O) groups is 2. The monoisotopic (exact) mass is 376 g/mol. The molecule has 1 aromatic rings. The highest BCUT2D eigenvalue weighted by Crippen LogP contribution is 2.23. The summed E-state index contributed by atoms with van der Waals surface area (Å²) in [5, 5.41) is -0.0849. The summed E-state index contributed by atoms with van der Waals surface area (Å²) in [5.74, 6) is -0.783. The van der Waals surface area contributed by atoms with Gasteiger partial charge in [0.2, 0.25) is 5.91 Å². The van der Waals surface area contributed by atoms with E-state index in [1.54, 1.807) is 0 Å². The van der Waals surface area contributed by atoms with Crippen molar-refractivity contribution in [3.63, 3.8) is 0 Å². The zero-order valence-corrected chi connectivity index (χ0v) is 14.3. The molecule has 0 unspecified atom stereocenters. The average molecular weight is 376 g/mol. The molecule has 2 amide bonds. The van der Waals surface area contributed by atoms with Crippen LogP contribution >= 0.6 is 11.8 Å². The van der Waals surface area contributed by atoms with E-state index in [4.69, 9.17) is 4.74 Å². The Morgan fingerprint density at radius 2 is 1.88 bits per heavy atom. The van der Waals surface area contributed by atoms with Crippen molar-refractivity contribution in [2.75, 3.05) is 23.9 Å². The van der Waals surface area contributed by atoms with Crippen LogP contribution in [0, 0.1) is 5.82 Å². The summed E-state index contributed by atoms with van der Waals surface area (Å²) < 4.78 is 40.4. The third-order valence-corrected chi connectivity index (χ3v) is 6.45. The van der Waals surface area contributed by atoms with Crippen molar-refractivity contribution in [2.45, 2.75) is 11.7 Å². The second-order valence-electron chi connectivity index (χ2n) is 5.17. The number of halogens is 1. The minimum absolute atomic E-state index is 0.0548. The fourth-order valence-electron chi connectivity index (χ4n) is 1.98. The number of hydrazine groups is 1. The first kappa shape index (κ1) is 18.5. The van der Waals surface area contributed by atoms with Crippen LogP contribution in [-0.2, 0) is 19.4 Å². The fraction of sp³-hybridized carbons (Fsp3) is 0.429. The van der Waals surface area contributed by atoms with Crippen LogP contribution in [0.3, 0.4) is 0 Å². The first-order valence-corrected chi connectivity index (χ1v) is 9.99. The van der Waals surface area contributed by atoms with Gasteiger partial charge in [-0.25, -0.2) is 12.8 Å². The van der Waals surface area contributed by atoms with Gasteiger partial charge in [-0.15, -0.1) is 11.8 Å². The number of nitrogens with one attached hydrogen (secondary N) is 2. The highest BCUT2D eigenvalue weighted by atomic mass is 32.2. The van der Waals surface area contributed by atoms with Gasteiger partial charge in [-0.2, -0.15) is 0 Å². The lowest BCUT2D eigenvalue weighted by Gasteiger charge is -2.10. The predicted octanol–water partition coefficient (Wildman–Crippen LogP) is 0.272. The van der Waals surface area contributed by atoms with Crippen LogP contribution in [0.4, 0.5) is 4.39 Å². The highest BCUT2D eigenvalue weighted by molar-refractivity contribution is 8.02. The van der Waals surface area contributed by atoms with Crippen molar-refractivity contribution >= 4 is 33.4 Å². The molecule has 0 saturated carbocycles. The van der Waals surface area contributed by atoms with Crippen LogP contribution in [0.5, 0.6) is 5.75 Å². The van der Waals surface area contributed by atoms with Gasteiger partial charge < -0.3 is 4.74 Å². The molecule has 2 N–H and O–H groups in total. The van der Waals surface area contributed by atoms with Crippen molar-refractivity contribution in [1.82, 2.24) is 10.9 Å². The summed E-state index contributed by atoms with van der Waals surface area (Å²) in [4.78, 5) is 23.1. The van der Waals surface area contributed by atoms with Crippen LogP contribution < -0.4 is 15.6 Å². The molecule has 24 heavy (non-hydrogen) atoms. The lowest BCUT2D eigenvalue weighted by Crippen LogP contribution is -2.44. The minimum Gasteiger partial charge on any atom is -0.484 e. The van der Waals surface area contributed by atoms with E-state index in [-0.39, 0.29) is 29.1 Å². The van der Waals surface area contributed by atoms with Crippen LogP contribution in [0.15, 0.2) is 24.3 Å². The van der Waals surface area contributed by atoms with E-state index in [1.807, 2.05) is 0 Å². The Hall–Kier alpha value is -1.81. The molecule has 2 rings (SSSR count). The topological polar surface area (TPSA) is 102 Å². The molecule has 0 aromatic heterocycles. The van der Waals surface area contributed by atoms with Crippen molar-refractivity contribution in [1.29, 1.82) is 0 Å². The summed E-state index contributed by atoms with van der Waals surface area (Å²) in [6.45, 7) is -0.333. The van der Waals surface area contributed by atoms with Crippen LogP contribution in [0.2, 0.25) is 0 Å². The first-order chi connectivity index (χ1) is 11.3. The molecule has 1 aliphatic rings. The molecule has 1 aliphatic heterocycles. The lowest BCUT2D eigenvalue weighted by molar-refractivity contribution is -0.128. The van der Waals surface area contributed by atoms with Gasteiger partial charge in [0.05, 0.1) is 17.3 Å². The van der Waals surface area contributed by atoms with E-state index in [0.717, 1.165) is 0 Å². The van der Waals surface area contributed by atoms with E-state index in [1.165, 1.54) is 36.0 Å². The van der Waals surface area contributed by atoms with Gasteiger partial charge in [0.25, 0.3) is 5.91 Å². The van der Waals surface area contributed by atoms with Gasteiger partial charge in [-0.1, -0.05) is 0 Å². The van der Waals surface area contributed by atoms with E-state index in [0.29, 0.717) is 12.2 Å². The normalized spacial score (nSPS) is 18.8. The van der Waals surface area contributed by atoms with Gasteiger partial charge >= 0.3 is 0 Å². The molecule has 7 nitrogen and oxygen atoms in total. The maximum atomic E-state index is 12.7. The molecule has 1 atom stereocenters. The molecule has 1 saturated heterocycles. The Labute approximate surface area is 143 Å². The number of carbonyl (C=O) groups excluding carboxylic acids is 2. The molecule has 0 spiro atoms. The summed E-state index contributed by atoms with van der Waals surface area (Å²) in [5.41, 5.74) is 4.41. The number of amides is 2. The van der Waals surface area contributed by atoms with E-state index < -0.39 is 27.5 Å². The third-order valence-electron chi connectivity index (χ3n) is 3.17. The van der Waals surface area contributed by atoms with Crippen molar-refractivity contribution < 1.29 is 27.1 Å². The zero-order valence-electron chi connectivity index (χ0n) is 12.7. The molecule has 1 heterocycles. The second-order valence-corrected chi connectivity index (χ2v) is 8.69. The Morgan fingerprint density at radius 3 is 2.50 bits per heavy atom. The molecule has 1 fully saturated rings. The molecule has 10 heteroatoms. The van der Waals surface area contributed by atoms with Crippen LogP contribution in [0.1, 0.15) is 6.42 Å². The van der Waals surface area contributed by atoms with Crippen molar-refractivity contribution in [3.05, 3.63) is 30.1 Å². The summed E-state index contributed by atoms with van der Waals surface area (Å²) in [6, 6.07) is 5.17. The standard InChI is InChI=1S/C14H17FN2O5S2/c15-10-1-3-11(4-2-10)22-7-13(18)16-17-14(19)8-23-12-5-6-24(20,21)9-12/h1-4,12H,5-9H2,(H,16,18)(H,17,19)/t12-/m0/s1. The van der Waals surface area contributed by atoms with Gasteiger partial charge in [0.15, 0.2) is 16.4 Å². The number of hydrogen-bond donors (Lipinski definition) is 2. The molecule has 0 bridgehead atoms. The summed E-state index contributed by atoms with van der Waals surface area (Å²) in [6.07, 6.45) is 0.540. The number of benzene rings is 1. The van der Waals surface area contributed by atoms with Crippen molar-refractivity contribution in [2.24, 2.45) is 0 Å². The Balaban J connectivity index is 1.61. The fourth-order valence-corrected chi connectivity index (χ4v) is 5.42. The SMILES string of the molecule is O=C(COc1ccc(F)cc1)NNC(=O)CS[C@H]1CCS(=O)(=O)C1. The molecule has 0 aliphatic carbocycles. The smallest absolute Gasteiger partial charge is 0.276 e. The van der Waals surface area contributed by atoms with Gasteiger partial charge in [-0.05, 0) is 30.7 Å². The number of rotatable bonds is 6. The third kappa shape index (κ3) is 6.36. The largest absolute Gasteiger partial charge is 0.484 e. The summed E-state index contributed by atoms with van der Waals surface area (Å²) >= 11 is 1.25. The van der Waals surface area contributed by atoms with E-state index in [2.05, 4.69) is 10.9 Å². The number of sulfone groups is 1. The van der Waals surface area contributed by atoms with Crippen LogP contribution in [-0.4, -0.2) is 49.3 Å². The Morgan fingerprint density at radius 1 is 1.21 bits per heavy atom. The quantitative estimate of drug-likeness (QED) is 0.691. The highest BCUT2D eigenvalue weighted by Gasteiger charge is 2.28. The molecule has 1 aromatic carbocycles. The summed E-state index contributed by atoms with van der Waals surface area (Å²) in [7, 11) is -2.97. The van der Waals surface area contributed by atoms with Gasteiger partial charge in [0, 0.05) is 5.25 Å². The van der Waals surface area contributed by atoms with Crippen LogP contribution in [0.25, 0.3) is 0 Å². The first-order valence-electron chi connectivity index (χ1n) is 7.12. The minimum atomic E-state index is -2.97. The molecule has 132 valence electrons. The average Bonchev–Trinajstić information content (AvgIpc) is 2.89. The second kappa shape index (κ2) is 8.34.